The highest BCUT2D eigenvalue weighted by Crippen LogP contribution is 2.29. The molecule has 1 amide bonds. The molecule has 1 aliphatic rings. The van der Waals surface area contributed by atoms with Crippen molar-refractivity contribution in [3.8, 4) is 0 Å². The number of rotatable bonds is 4. The Hall–Kier alpha value is -2.28. The smallest absolute Gasteiger partial charge is 0.253 e. The van der Waals surface area contributed by atoms with Crippen LogP contribution in [0.5, 0.6) is 0 Å². The lowest BCUT2D eigenvalue weighted by molar-refractivity contribution is 0.0550. The van der Waals surface area contributed by atoms with Gasteiger partial charge in [0.1, 0.15) is 5.82 Å². The van der Waals surface area contributed by atoms with Crippen LogP contribution in [0.3, 0.4) is 0 Å². The summed E-state index contributed by atoms with van der Waals surface area (Å²) in [4.78, 5) is 22.8. The topological polar surface area (TPSA) is 84.0 Å². The number of aromatic nitrogens is 4. The highest BCUT2D eigenvalue weighted by atomic mass is 16.5. The molecule has 7 nitrogen and oxygen atoms in total. The van der Waals surface area contributed by atoms with Gasteiger partial charge in [-0.3, -0.25) is 14.9 Å². The van der Waals surface area contributed by atoms with Crippen molar-refractivity contribution in [3.05, 3.63) is 41.2 Å². The Morgan fingerprint density at radius 2 is 2.30 bits per heavy atom. The molecule has 122 valence electrons. The predicted octanol–water partition coefficient (Wildman–Crippen LogP) is 1.46. The molecule has 3 heterocycles. The first-order valence-electron chi connectivity index (χ1n) is 7.73. The third-order valence-corrected chi connectivity index (χ3v) is 4.10. The number of aryl methyl sites for hydroxylation is 2. The molecule has 7 heteroatoms. The minimum Gasteiger partial charge on any atom is -0.376 e. The molecule has 1 saturated heterocycles. The molecule has 0 radical (unpaired) electrons. The molecule has 0 aliphatic carbocycles. The summed E-state index contributed by atoms with van der Waals surface area (Å²) >= 11 is 0. The fraction of sp³-hybridized carbons (Fsp3) is 0.500. The number of hydrogen-bond donors (Lipinski definition) is 1. The van der Waals surface area contributed by atoms with Gasteiger partial charge in [-0.25, -0.2) is 4.98 Å². The number of hydrogen-bond acceptors (Lipinski definition) is 5. The SMILES string of the molecule is Cc1cc(C(=O)N(C)C[C@H]2OCC[C@H]2c2n[nH]c(C)n2)ccn1. The van der Waals surface area contributed by atoms with Gasteiger partial charge in [-0.05, 0) is 32.4 Å². The molecule has 3 rings (SSSR count). The van der Waals surface area contributed by atoms with Crippen LogP contribution in [0.25, 0.3) is 0 Å². The number of pyridine rings is 1. The van der Waals surface area contributed by atoms with Crippen molar-refractivity contribution in [1.29, 1.82) is 0 Å². The predicted molar refractivity (Wildman–Crippen MR) is 84.2 cm³/mol. The van der Waals surface area contributed by atoms with Crippen LogP contribution in [-0.4, -0.2) is 57.3 Å². The Morgan fingerprint density at radius 1 is 1.48 bits per heavy atom. The number of likely N-dealkylation sites (N-methyl/N-ethyl adjacent to an activating group) is 1. The van der Waals surface area contributed by atoms with Gasteiger partial charge in [-0.15, -0.1) is 0 Å². The number of aromatic amines is 1. The molecule has 0 bridgehead atoms. The van der Waals surface area contributed by atoms with E-state index in [0.29, 0.717) is 18.7 Å². The zero-order valence-electron chi connectivity index (χ0n) is 13.6. The van der Waals surface area contributed by atoms with Gasteiger partial charge < -0.3 is 9.64 Å². The molecule has 23 heavy (non-hydrogen) atoms. The average Bonchev–Trinajstić information content (AvgIpc) is 3.15. The van der Waals surface area contributed by atoms with E-state index in [9.17, 15) is 4.79 Å². The largest absolute Gasteiger partial charge is 0.376 e. The van der Waals surface area contributed by atoms with Crippen LogP contribution >= 0.6 is 0 Å². The standard InChI is InChI=1S/C16H21N5O2/c1-10-8-12(4-6-17-10)16(22)21(3)9-14-13(5-7-23-14)15-18-11(2)19-20-15/h4,6,8,13-14H,5,7,9H2,1-3H3,(H,18,19,20)/t13-,14-/m1/s1. The maximum atomic E-state index is 12.5. The summed E-state index contributed by atoms with van der Waals surface area (Å²) in [7, 11) is 1.79. The van der Waals surface area contributed by atoms with Crippen LogP contribution in [0.1, 0.15) is 40.0 Å². The number of amides is 1. The third kappa shape index (κ3) is 3.39. The molecule has 0 aromatic carbocycles. The van der Waals surface area contributed by atoms with Crippen LogP contribution in [-0.2, 0) is 4.74 Å². The molecule has 2 aromatic rings. The lowest BCUT2D eigenvalue weighted by Gasteiger charge is -2.24. The molecule has 0 saturated carbocycles. The monoisotopic (exact) mass is 315 g/mol. The van der Waals surface area contributed by atoms with Gasteiger partial charge in [0.05, 0.1) is 12.0 Å². The summed E-state index contributed by atoms with van der Waals surface area (Å²) in [5.41, 5.74) is 1.47. The second-order valence-electron chi connectivity index (χ2n) is 5.96. The zero-order valence-corrected chi connectivity index (χ0v) is 13.6. The lowest BCUT2D eigenvalue weighted by atomic mass is 10.00. The molecule has 1 fully saturated rings. The maximum absolute atomic E-state index is 12.5. The quantitative estimate of drug-likeness (QED) is 0.923. The Morgan fingerprint density at radius 3 is 3.00 bits per heavy atom. The summed E-state index contributed by atoms with van der Waals surface area (Å²) < 4.78 is 5.81. The third-order valence-electron chi connectivity index (χ3n) is 4.10. The minimum atomic E-state index is -0.0814. The second kappa shape index (κ2) is 6.45. The van der Waals surface area contributed by atoms with E-state index in [0.717, 1.165) is 23.8 Å². The molecular weight excluding hydrogens is 294 g/mol. The van der Waals surface area contributed by atoms with Crippen LogP contribution in [0.15, 0.2) is 18.3 Å². The van der Waals surface area contributed by atoms with Crippen molar-refractivity contribution in [2.24, 2.45) is 0 Å². The fourth-order valence-electron chi connectivity index (χ4n) is 2.90. The van der Waals surface area contributed by atoms with Gasteiger partial charge in [0.25, 0.3) is 5.91 Å². The Bertz CT molecular complexity index is 699. The summed E-state index contributed by atoms with van der Waals surface area (Å²) in [5.74, 6) is 1.65. The van der Waals surface area contributed by atoms with E-state index >= 15 is 0 Å². The van der Waals surface area contributed by atoms with E-state index in [1.807, 2.05) is 13.8 Å². The first kappa shape index (κ1) is 15.6. The van der Waals surface area contributed by atoms with Gasteiger partial charge in [0.2, 0.25) is 0 Å². The fourth-order valence-corrected chi connectivity index (χ4v) is 2.90. The van der Waals surface area contributed by atoms with Crippen LogP contribution in [0, 0.1) is 13.8 Å². The van der Waals surface area contributed by atoms with Crippen molar-refractivity contribution in [2.75, 3.05) is 20.2 Å². The van der Waals surface area contributed by atoms with Crippen molar-refractivity contribution in [2.45, 2.75) is 32.3 Å². The van der Waals surface area contributed by atoms with Crippen LogP contribution in [0.4, 0.5) is 0 Å². The second-order valence-corrected chi connectivity index (χ2v) is 5.96. The Labute approximate surface area is 135 Å². The van der Waals surface area contributed by atoms with Gasteiger partial charge in [-0.1, -0.05) is 0 Å². The minimum absolute atomic E-state index is 0.0316. The average molecular weight is 315 g/mol. The van der Waals surface area contributed by atoms with Gasteiger partial charge in [0.15, 0.2) is 5.82 Å². The van der Waals surface area contributed by atoms with Crippen molar-refractivity contribution in [1.82, 2.24) is 25.1 Å². The van der Waals surface area contributed by atoms with Gasteiger partial charge in [-0.2, -0.15) is 5.10 Å². The lowest BCUT2D eigenvalue weighted by Crippen LogP contribution is -2.36. The van der Waals surface area contributed by atoms with Crippen molar-refractivity contribution in [3.63, 3.8) is 0 Å². The molecular formula is C16H21N5O2. The molecule has 2 aromatic heterocycles. The number of ether oxygens (including phenoxy) is 1. The highest BCUT2D eigenvalue weighted by Gasteiger charge is 2.34. The van der Waals surface area contributed by atoms with Crippen molar-refractivity contribution >= 4 is 5.91 Å². The molecule has 0 unspecified atom stereocenters. The maximum Gasteiger partial charge on any atom is 0.253 e. The number of nitrogens with zero attached hydrogens (tertiary/aromatic N) is 4. The molecule has 2 atom stereocenters. The molecule has 1 aliphatic heterocycles. The summed E-state index contributed by atoms with van der Waals surface area (Å²) in [6.07, 6.45) is 2.45. The Balaban J connectivity index is 1.69. The highest BCUT2D eigenvalue weighted by molar-refractivity contribution is 5.94. The van der Waals surface area contributed by atoms with E-state index in [1.165, 1.54) is 0 Å². The molecule has 1 N–H and O–H groups in total. The normalized spacial score (nSPS) is 20.7. The number of carbonyl (C=O) groups is 1. The molecule has 0 spiro atoms. The number of carbonyl (C=O) groups excluding carboxylic acids is 1. The van der Waals surface area contributed by atoms with Crippen molar-refractivity contribution < 1.29 is 9.53 Å². The van der Waals surface area contributed by atoms with Gasteiger partial charge in [0, 0.05) is 37.7 Å². The number of H-pyrrole nitrogens is 1. The first-order chi connectivity index (χ1) is 11.0. The summed E-state index contributed by atoms with van der Waals surface area (Å²) in [6.45, 7) is 4.93. The van der Waals surface area contributed by atoms with Gasteiger partial charge >= 0.3 is 0 Å². The number of nitrogens with one attached hydrogen (secondary N) is 1. The zero-order chi connectivity index (χ0) is 16.4. The first-order valence-corrected chi connectivity index (χ1v) is 7.73. The van der Waals surface area contributed by atoms with Crippen LogP contribution < -0.4 is 0 Å². The van der Waals surface area contributed by atoms with E-state index in [-0.39, 0.29) is 17.9 Å². The van der Waals surface area contributed by atoms with E-state index in [4.69, 9.17) is 4.74 Å². The van der Waals surface area contributed by atoms with E-state index in [2.05, 4.69) is 20.2 Å². The van der Waals surface area contributed by atoms with E-state index < -0.39 is 0 Å². The Kier molecular flexibility index (Phi) is 4.38. The summed E-state index contributed by atoms with van der Waals surface area (Å²) in [6, 6.07) is 3.53. The van der Waals surface area contributed by atoms with Crippen LogP contribution in [0.2, 0.25) is 0 Å². The summed E-state index contributed by atoms with van der Waals surface area (Å²) in [5, 5.41) is 7.11. The van der Waals surface area contributed by atoms with E-state index in [1.54, 1.807) is 30.3 Å².